The second-order valence-corrected chi connectivity index (χ2v) is 8.26. The Labute approximate surface area is 186 Å². The first-order valence-electron chi connectivity index (χ1n) is 10.7. The van der Waals surface area contributed by atoms with Crippen molar-refractivity contribution in [3.05, 3.63) is 0 Å². The van der Waals surface area contributed by atoms with Gasteiger partial charge in [0.15, 0.2) is 5.96 Å². The van der Waals surface area contributed by atoms with Crippen molar-refractivity contribution in [2.45, 2.75) is 58.3 Å². The maximum absolute atomic E-state index is 12.5. The topological polar surface area (TPSA) is 77.0 Å². The molecule has 3 aliphatic rings. The lowest BCUT2D eigenvalue weighted by molar-refractivity contribution is -0.131. The number of likely N-dealkylation sites (tertiary alicyclic amines) is 2. The largest absolute Gasteiger partial charge is 0.357 e. The molecule has 0 aromatic rings. The SMILES string of the molecule is CCNC(=NCCC(=O)N1CCCCCC1)N1CCCC2(CNC(=O)C2)C1.I. The van der Waals surface area contributed by atoms with E-state index in [0.717, 1.165) is 70.9 Å². The summed E-state index contributed by atoms with van der Waals surface area (Å²) in [4.78, 5) is 33.3. The van der Waals surface area contributed by atoms with E-state index in [2.05, 4.69) is 22.5 Å². The Kier molecular flexibility index (Phi) is 9.30. The number of nitrogens with zero attached hydrogens (tertiary/aromatic N) is 3. The number of carbonyl (C=O) groups is 2. The van der Waals surface area contributed by atoms with Gasteiger partial charge in [0.1, 0.15) is 0 Å². The third-order valence-electron chi connectivity index (χ3n) is 6.04. The Balaban J connectivity index is 0.00000280. The molecule has 0 aromatic carbocycles. The fourth-order valence-corrected chi connectivity index (χ4v) is 4.59. The van der Waals surface area contributed by atoms with E-state index in [-0.39, 0.29) is 41.2 Å². The minimum absolute atomic E-state index is 0. The summed E-state index contributed by atoms with van der Waals surface area (Å²) in [5.41, 5.74) is 0.0490. The maximum atomic E-state index is 12.5. The fourth-order valence-electron chi connectivity index (χ4n) is 4.59. The Morgan fingerprint density at radius 2 is 1.86 bits per heavy atom. The predicted octanol–water partition coefficient (Wildman–Crippen LogP) is 1.96. The highest BCUT2D eigenvalue weighted by atomic mass is 127. The number of nitrogens with one attached hydrogen (secondary N) is 2. The highest BCUT2D eigenvalue weighted by molar-refractivity contribution is 14.0. The summed E-state index contributed by atoms with van der Waals surface area (Å²) in [7, 11) is 0. The molecule has 2 N–H and O–H groups in total. The molecule has 160 valence electrons. The van der Waals surface area contributed by atoms with E-state index in [1.165, 1.54) is 12.8 Å². The monoisotopic (exact) mass is 505 g/mol. The lowest BCUT2D eigenvalue weighted by Crippen LogP contribution is -2.51. The summed E-state index contributed by atoms with van der Waals surface area (Å²) in [5.74, 6) is 1.29. The van der Waals surface area contributed by atoms with Crippen LogP contribution >= 0.6 is 24.0 Å². The van der Waals surface area contributed by atoms with Crippen molar-refractivity contribution in [3.63, 3.8) is 0 Å². The highest BCUT2D eigenvalue weighted by Crippen LogP contribution is 2.36. The summed E-state index contributed by atoms with van der Waals surface area (Å²) in [5, 5.41) is 6.37. The quantitative estimate of drug-likeness (QED) is 0.348. The van der Waals surface area contributed by atoms with Gasteiger partial charge in [-0.15, -0.1) is 24.0 Å². The first-order chi connectivity index (χ1) is 13.1. The van der Waals surface area contributed by atoms with Gasteiger partial charge in [0, 0.05) is 57.5 Å². The summed E-state index contributed by atoms with van der Waals surface area (Å²) in [6.07, 6.45) is 7.99. The molecule has 3 fully saturated rings. The minimum Gasteiger partial charge on any atom is -0.357 e. The lowest BCUT2D eigenvalue weighted by Gasteiger charge is -2.40. The van der Waals surface area contributed by atoms with Crippen LogP contribution in [0, 0.1) is 5.41 Å². The van der Waals surface area contributed by atoms with Crippen molar-refractivity contribution in [2.24, 2.45) is 10.4 Å². The van der Waals surface area contributed by atoms with Crippen LogP contribution in [0.15, 0.2) is 4.99 Å². The molecular formula is C20H36IN5O2. The van der Waals surface area contributed by atoms with Gasteiger partial charge in [-0.2, -0.15) is 0 Å². The van der Waals surface area contributed by atoms with Gasteiger partial charge < -0.3 is 20.4 Å². The molecule has 0 aromatic heterocycles. The minimum atomic E-state index is 0. The molecule has 3 aliphatic heterocycles. The van der Waals surface area contributed by atoms with Gasteiger partial charge in [-0.05, 0) is 32.6 Å². The molecule has 1 spiro atoms. The van der Waals surface area contributed by atoms with Crippen LogP contribution in [0.25, 0.3) is 0 Å². The maximum Gasteiger partial charge on any atom is 0.224 e. The number of amides is 2. The van der Waals surface area contributed by atoms with E-state index < -0.39 is 0 Å². The van der Waals surface area contributed by atoms with Crippen LogP contribution in [0.4, 0.5) is 0 Å². The zero-order valence-corrected chi connectivity index (χ0v) is 19.5. The van der Waals surface area contributed by atoms with Crippen LogP contribution in [-0.2, 0) is 9.59 Å². The normalized spacial score (nSPS) is 25.9. The molecule has 3 heterocycles. The van der Waals surface area contributed by atoms with Crippen molar-refractivity contribution in [1.29, 1.82) is 0 Å². The Morgan fingerprint density at radius 1 is 1.14 bits per heavy atom. The van der Waals surface area contributed by atoms with Crippen molar-refractivity contribution in [1.82, 2.24) is 20.4 Å². The van der Waals surface area contributed by atoms with E-state index in [4.69, 9.17) is 4.99 Å². The molecule has 3 saturated heterocycles. The number of guanidine groups is 1. The summed E-state index contributed by atoms with van der Waals surface area (Å²) in [6.45, 7) is 7.79. The summed E-state index contributed by atoms with van der Waals surface area (Å²) < 4.78 is 0. The molecule has 3 rings (SSSR count). The fraction of sp³-hybridized carbons (Fsp3) is 0.850. The second-order valence-electron chi connectivity index (χ2n) is 8.26. The van der Waals surface area contributed by atoms with E-state index in [1.807, 2.05) is 4.90 Å². The van der Waals surface area contributed by atoms with Gasteiger partial charge >= 0.3 is 0 Å². The van der Waals surface area contributed by atoms with Gasteiger partial charge in [0.2, 0.25) is 11.8 Å². The molecule has 0 radical (unpaired) electrons. The first-order valence-corrected chi connectivity index (χ1v) is 10.7. The van der Waals surface area contributed by atoms with Crippen LogP contribution in [0.1, 0.15) is 58.3 Å². The molecule has 1 atom stereocenters. The van der Waals surface area contributed by atoms with Crippen LogP contribution in [0.3, 0.4) is 0 Å². The van der Waals surface area contributed by atoms with Crippen LogP contribution in [0.2, 0.25) is 0 Å². The number of piperidine rings is 1. The number of hydrogen-bond acceptors (Lipinski definition) is 3. The number of aliphatic imine (C=N–C) groups is 1. The summed E-state index contributed by atoms with van der Waals surface area (Å²) in [6, 6.07) is 0. The number of carbonyl (C=O) groups excluding carboxylic acids is 2. The van der Waals surface area contributed by atoms with E-state index in [9.17, 15) is 9.59 Å². The van der Waals surface area contributed by atoms with Crippen LogP contribution in [0.5, 0.6) is 0 Å². The third-order valence-corrected chi connectivity index (χ3v) is 6.04. The van der Waals surface area contributed by atoms with E-state index in [0.29, 0.717) is 19.4 Å². The number of halogens is 1. The molecule has 1 unspecified atom stereocenters. The van der Waals surface area contributed by atoms with Crippen LogP contribution in [-0.4, -0.2) is 73.4 Å². The van der Waals surface area contributed by atoms with Gasteiger partial charge in [-0.25, -0.2) is 0 Å². The lowest BCUT2D eigenvalue weighted by atomic mass is 9.79. The van der Waals surface area contributed by atoms with Gasteiger partial charge in [-0.3, -0.25) is 14.6 Å². The van der Waals surface area contributed by atoms with Crippen molar-refractivity contribution in [3.8, 4) is 0 Å². The zero-order chi connectivity index (χ0) is 19.1. The van der Waals surface area contributed by atoms with Crippen molar-refractivity contribution >= 4 is 41.8 Å². The highest BCUT2D eigenvalue weighted by Gasteiger charge is 2.42. The van der Waals surface area contributed by atoms with Crippen molar-refractivity contribution < 1.29 is 9.59 Å². The van der Waals surface area contributed by atoms with Gasteiger partial charge in [0.25, 0.3) is 0 Å². The molecule has 0 saturated carbocycles. The molecular weight excluding hydrogens is 469 g/mol. The van der Waals surface area contributed by atoms with Crippen LogP contribution < -0.4 is 10.6 Å². The number of rotatable bonds is 4. The Morgan fingerprint density at radius 3 is 2.50 bits per heavy atom. The molecule has 0 aliphatic carbocycles. The Hall–Kier alpha value is -1.06. The van der Waals surface area contributed by atoms with E-state index >= 15 is 0 Å². The van der Waals surface area contributed by atoms with Gasteiger partial charge in [0.05, 0.1) is 6.54 Å². The Bertz CT molecular complexity index is 563. The standard InChI is InChI=1S/C20H35N5O2.HI/c1-2-21-19(22-10-8-18(27)24-11-5-3-4-6-12-24)25-13-7-9-20(16-25)14-17(26)23-15-20;/h2-16H2,1H3,(H,21,22)(H,23,26);1H. The smallest absolute Gasteiger partial charge is 0.224 e. The predicted molar refractivity (Wildman–Crippen MR) is 122 cm³/mol. The average molecular weight is 505 g/mol. The molecule has 0 bridgehead atoms. The third kappa shape index (κ3) is 6.22. The first kappa shape index (κ1) is 23.2. The molecule has 2 amide bonds. The molecule has 7 nitrogen and oxygen atoms in total. The zero-order valence-electron chi connectivity index (χ0n) is 17.2. The number of hydrogen-bond donors (Lipinski definition) is 2. The summed E-state index contributed by atoms with van der Waals surface area (Å²) >= 11 is 0. The van der Waals surface area contributed by atoms with E-state index in [1.54, 1.807) is 0 Å². The van der Waals surface area contributed by atoms with Gasteiger partial charge in [-0.1, -0.05) is 12.8 Å². The molecule has 8 heteroatoms. The second kappa shape index (κ2) is 11.2. The molecule has 28 heavy (non-hydrogen) atoms. The van der Waals surface area contributed by atoms with Crippen molar-refractivity contribution in [2.75, 3.05) is 45.8 Å². The average Bonchev–Trinajstić information content (AvgIpc) is 2.87.